The van der Waals surface area contributed by atoms with E-state index in [0.717, 1.165) is 45.0 Å². The summed E-state index contributed by atoms with van der Waals surface area (Å²) < 4.78 is 11.8. The summed E-state index contributed by atoms with van der Waals surface area (Å²) in [5.41, 5.74) is 2.72. The number of rotatable bonds is 6. The Morgan fingerprint density at radius 2 is 2.39 bits per heavy atom. The smallest absolute Gasteiger partial charge is 0.0732 e. The minimum atomic E-state index is 0.165. The lowest BCUT2D eigenvalue weighted by Gasteiger charge is -2.27. The molecule has 122 valence electrons. The van der Waals surface area contributed by atoms with Crippen LogP contribution in [-0.4, -0.2) is 42.8 Å². The van der Waals surface area contributed by atoms with Gasteiger partial charge in [0.15, 0.2) is 0 Å². The summed E-state index contributed by atoms with van der Waals surface area (Å²) in [5.74, 6) is 0.593. The lowest BCUT2D eigenvalue weighted by molar-refractivity contribution is 0.0182. The summed E-state index contributed by atoms with van der Waals surface area (Å²) >= 11 is 1.77. The van der Waals surface area contributed by atoms with E-state index < -0.39 is 0 Å². The number of aromatic nitrogens is 1. The van der Waals surface area contributed by atoms with Crippen molar-refractivity contribution in [2.45, 2.75) is 13.2 Å². The molecule has 23 heavy (non-hydrogen) atoms. The van der Waals surface area contributed by atoms with Crippen LogP contribution < -0.4 is 0 Å². The van der Waals surface area contributed by atoms with Crippen LogP contribution in [0, 0.1) is 11.3 Å². The zero-order valence-electron chi connectivity index (χ0n) is 13.2. The average Bonchev–Trinajstić information content (AvgIpc) is 3.25. The number of hydrogen-bond donors (Lipinski definition) is 0. The van der Waals surface area contributed by atoms with Gasteiger partial charge in [-0.25, -0.2) is 0 Å². The van der Waals surface area contributed by atoms with E-state index in [-0.39, 0.29) is 5.41 Å². The monoisotopic (exact) mass is 330 g/mol. The predicted molar refractivity (Wildman–Crippen MR) is 90.2 cm³/mol. The van der Waals surface area contributed by atoms with Gasteiger partial charge in [0.05, 0.1) is 26.4 Å². The highest BCUT2D eigenvalue weighted by Crippen LogP contribution is 2.42. The molecule has 2 fully saturated rings. The summed E-state index contributed by atoms with van der Waals surface area (Å²) in [5, 5.41) is 4.40. The van der Waals surface area contributed by atoms with Crippen LogP contribution in [0.4, 0.5) is 0 Å². The minimum Gasteiger partial charge on any atom is -0.380 e. The van der Waals surface area contributed by atoms with Crippen LogP contribution >= 0.6 is 11.3 Å². The quantitative estimate of drug-likeness (QED) is 0.816. The van der Waals surface area contributed by atoms with Crippen molar-refractivity contribution < 1.29 is 9.47 Å². The first kappa shape index (κ1) is 15.3. The molecule has 0 amide bonds. The third kappa shape index (κ3) is 3.33. The van der Waals surface area contributed by atoms with E-state index in [4.69, 9.17) is 9.47 Å². The van der Waals surface area contributed by atoms with Gasteiger partial charge >= 0.3 is 0 Å². The van der Waals surface area contributed by atoms with E-state index in [2.05, 4.69) is 32.8 Å². The van der Waals surface area contributed by atoms with Gasteiger partial charge in [-0.1, -0.05) is 6.07 Å². The third-order valence-corrected chi connectivity index (χ3v) is 5.69. The number of hydrogen-bond acceptors (Lipinski definition) is 5. The zero-order chi connectivity index (χ0) is 15.5. The number of fused-ring (bicyclic) bond motifs is 1. The topological polar surface area (TPSA) is 34.6 Å². The van der Waals surface area contributed by atoms with Crippen molar-refractivity contribution in [1.29, 1.82) is 0 Å². The van der Waals surface area contributed by atoms with Gasteiger partial charge in [-0.3, -0.25) is 9.88 Å². The molecule has 2 aromatic heterocycles. The molecule has 0 bridgehead atoms. The van der Waals surface area contributed by atoms with Crippen molar-refractivity contribution in [1.82, 2.24) is 9.88 Å². The predicted octanol–water partition coefficient (Wildman–Crippen LogP) is 2.81. The maximum absolute atomic E-state index is 6.05. The molecule has 0 radical (unpaired) electrons. The van der Waals surface area contributed by atoms with Gasteiger partial charge in [0, 0.05) is 43.4 Å². The van der Waals surface area contributed by atoms with E-state index in [1.807, 2.05) is 12.3 Å². The van der Waals surface area contributed by atoms with E-state index in [1.165, 1.54) is 5.56 Å². The molecule has 0 aromatic carbocycles. The normalized spacial score (nSPS) is 27.4. The molecule has 0 aliphatic carbocycles. The number of thiophene rings is 1. The maximum Gasteiger partial charge on any atom is 0.0732 e. The van der Waals surface area contributed by atoms with Crippen LogP contribution in [0.2, 0.25) is 0 Å². The number of likely N-dealkylation sites (tertiary alicyclic amines) is 1. The van der Waals surface area contributed by atoms with Crippen molar-refractivity contribution >= 4 is 11.3 Å². The highest BCUT2D eigenvalue weighted by molar-refractivity contribution is 7.07. The van der Waals surface area contributed by atoms with Crippen molar-refractivity contribution in [3.8, 4) is 0 Å². The molecule has 2 aromatic rings. The number of nitrogens with zero attached hydrogens (tertiary/aromatic N) is 2. The third-order valence-electron chi connectivity index (χ3n) is 4.96. The highest BCUT2D eigenvalue weighted by atomic mass is 32.1. The molecule has 0 spiro atoms. The molecular formula is C18H22N2O2S. The van der Waals surface area contributed by atoms with Crippen molar-refractivity contribution in [3.05, 3.63) is 52.5 Å². The zero-order valence-corrected chi connectivity index (χ0v) is 14.0. The summed E-state index contributed by atoms with van der Waals surface area (Å²) in [6.07, 6.45) is 3.67. The summed E-state index contributed by atoms with van der Waals surface area (Å²) in [7, 11) is 0. The van der Waals surface area contributed by atoms with Crippen molar-refractivity contribution in [2.75, 3.05) is 32.9 Å². The molecule has 2 saturated heterocycles. The molecule has 0 N–H and O–H groups in total. The fourth-order valence-corrected chi connectivity index (χ4v) is 4.42. The summed E-state index contributed by atoms with van der Waals surface area (Å²) in [6.45, 7) is 6.33. The van der Waals surface area contributed by atoms with E-state index in [0.29, 0.717) is 12.5 Å². The van der Waals surface area contributed by atoms with Gasteiger partial charge < -0.3 is 9.47 Å². The van der Waals surface area contributed by atoms with E-state index in [1.54, 1.807) is 17.5 Å². The molecule has 5 heteroatoms. The Hall–Kier alpha value is -1.27. The summed E-state index contributed by atoms with van der Waals surface area (Å²) in [4.78, 5) is 6.70. The number of pyridine rings is 1. The molecule has 2 aliphatic rings. The Labute approximate surface area is 141 Å². The van der Waals surface area contributed by atoms with Crippen molar-refractivity contribution in [2.24, 2.45) is 11.3 Å². The molecule has 2 aliphatic heterocycles. The Morgan fingerprint density at radius 3 is 3.22 bits per heavy atom. The second-order valence-electron chi connectivity index (χ2n) is 6.73. The first-order valence-corrected chi connectivity index (χ1v) is 9.06. The van der Waals surface area contributed by atoms with Gasteiger partial charge in [-0.15, -0.1) is 0 Å². The van der Waals surface area contributed by atoms with Crippen LogP contribution in [-0.2, 0) is 22.6 Å². The minimum absolute atomic E-state index is 0.165. The second kappa shape index (κ2) is 6.69. The second-order valence-corrected chi connectivity index (χ2v) is 7.51. The molecule has 0 saturated carbocycles. The summed E-state index contributed by atoms with van der Waals surface area (Å²) in [6, 6.07) is 6.24. The molecule has 4 nitrogen and oxygen atoms in total. The number of ether oxygens (including phenoxy) is 2. The lowest BCUT2D eigenvalue weighted by Crippen LogP contribution is -2.35. The fraction of sp³-hybridized carbons (Fsp3) is 0.500. The Balaban J connectivity index is 1.35. The fourth-order valence-electron chi connectivity index (χ4n) is 3.76. The van der Waals surface area contributed by atoms with Gasteiger partial charge in [0.25, 0.3) is 0 Å². The van der Waals surface area contributed by atoms with Crippen LogP contribution in [0.25, 0.3) is 0 Å². The van der Waals surface area contributed by atoms with Crippen LogP contribution in [0.5, 0.6) is 0 Å². The standard InChI is InChI=1S/C18H22N2O2S/c1-2-15(6-19-4-1)9-21-13-18-12-20(7-16-3-5-23-11-16)8-17(18)10-22-14-18/h1-6,11,17H,7-10,12-14H2/t17-,18-/m1/s1. The first-order chi connectivity index (χ1) is 11.3. The average molecular weight is 330 g/mol. The molecule has 0 unspecified atom stereocenters. The lowest BCUT2D eigenvalue weighted by atomic mass is 9.82. The van der Waals surface area contributed by atoms with Gasteiger partial charge in [-0.2, -0.15) is 11.3 Å². The van der Waals surface area contributed by atoms with Gasteiger partial charge in [0.2, 0.25) is 0 Å². The molecular weight excluding hydrogens is 308 g/mol. The molecule has 4 heterocycles. The van der Waals surface area contributed by atoms with Crippen LogP contribution in [0.3, 0.4) is 0 Å². The maximum atomic E-state index is 6.05. The van der Waals surface area contributed by atoms with E-state index >= 15 is 0 Å². The Morgan fingerprint density at radius 1 is 1.39 bits per heavy atom. The molecule has 2 atom stereocenters. The largest absolute Gasteiger partial charge is 0.380 e. The highest BCUT2D eigenvalue weighted by Gasteiger charge is 2.50. The SMILES string of the molecule is c1cncc(COC[C@]23COC[C@H]2CN(Cc2ccsc2)C3)c1. The Bertz CT molecular complexity index is 619. The first-order valence-electron chi connectivity index (χ1n) is 8.12. The van der Waals surface area contributed by atoms with E-state index in [9.17, 15) is 0 Å². The van der Waals surface area contributed by atoms with Crippen molar-refractivity contribution in [3.63, 3.8) is 0 Å². The van der Waals surface area contributed by atoms with Gasteiger partial charge in [-0.05, 0) is 34.0 Å². The van der Waals surface area contributed by atoms with Crippen LogP contribution in [0.15, 0.2) is 41.4 Å². The Kier molecular flexibility index (Phi) is 4.44. The van der Waals surface area contributed by atoms with Gasteiger partial charge in [0.1, 0.15) is 0 Å². The molecule has 4 rings (SSSR count). The van der Waals surface area contributed by atoms with Crippen LogP contribution in [0.1, 0.15) is 11.1 Å².